The highest BCUT2D eigenvalue weighted by Gasteiger charge is 2.43. The number of aliphatic hydroxyl groups excluding tert-OH is 1. The predicted molar refractivity (Wildman–Crippen MR) is 122 cm³/mol. The van der Waals surface area contributed by atoms with E-state index in [0.29, 0.717) is 11.0 Å². The van der Waals surface area contributed by atoms with Crippen LogP contribution in [0.25, 0.3) is 16.6 Å². The van der Waals surface area contributed by atoms with Gasteiger partial charge in [-0.2, -0.15) is 5.26 Å². The third-order valence-electron chi connectivity index (χ3n) is 5.48. The maximum Gasteiger partial charge on any atom is 0.329 e. The van der Waals surface area contributed by atoms with E-state index in [1.807, 2.05) is 19.9 Å². The van der Waals surface area contributed by atoms with Crippen LogP contribution in [-0.4, -0.2) is 50.4 Å². The molecule has 172 valence electrons. The number of carbonyl (C=O) groups is 3. The molecule has 0 saturated heterocycles. The quantitative estimate of drug-likeness (QED) is 0.239. The molecule has 2 N–H and O–H groups in total. The van der Waals surface area contributed by atoms with E-state index in [4.69, 9.17) is 4.74 Å². The zero-order valence-electron chi connectivity index (χ0n) is 18.6. The number of ether oxygens (including phenoxy) is 1. The third-order valence-corrected chi connectivity index (χ3v) is 5.48. The van der Waals surface area contributed by atoms with Crippen LogP contribution in [0.4, 0.5) is 0 Å². The van der Waals surface area contributed by atoms with E-state index >= 15 is 0 Å². The van der Waals surface area contributed by atoms with Crippen molar-refractivity contribution < 1.29 is 24.2 Å². The number of benzene rings is 2. The molecule has 0 bridgehead atoms. The number of hydrogen-bond donors (Lipinski definition) is 2. The first-order chi connectivity index (χ1) is 16.3. The van der Waals surface area contributed by atoms with E-state index in [1.165, 1.54) is 12.1 Å². The summed E-state index contributed by atoms with van der Waals surface area (Å²) in [7, 11) is 0. The number of rotatable bonds is 7. The molecular weight excluding hydrogens is 436 g/mol. The Bertz CT molecular complexity index is 1300. The van der Waals surface area contributed by atoms with E-state index in [-0.39, 0.29) is 34.9 Å². The lowest BCUT2D eigenvalue weighted by Crippen LogP contribution is -2.46. The minimum absolute atomic E-state index is 0.0313. The molecule has 0 saturated carbocycles. The Hall–Kier alpha value is -4.45. The third kappa shape index (κ3) is 4.13. The number of imidazole rings is 1. The molecule has 2 amide bonds. The van der Waals surface area contributed by atoms with Gasteiger partial charge in [0.15, 0.2) is 11.6 Å². The molecule has 9 nitrogen and oxygen atoms in total. The van der Waals surface area contributed by atoms with Gasteiger partial charge in [0.2, 0.25) is 0 Å². The molecule has 1 aromatic heterocycles. The number of imide groups is 1. The van der Waals surface area contributed by atoms with Crippen LogP contribution < -0.4 is 0 Å². The number of nitriles is 1. The molecule has 1 atom stereocenters. The first-order valence-corrected chi connectivity index (χ1v) is 10.7. The number of esters is 1. The van der Waals surface area contributed by atoms with Gasteiger partial charge >= 0.3 is 5.97 Å². The summed E-state index contributed by atoms with van der Waals surface area (Å²) in [6.45, 7) is 3.09. The Kier molecular flexibility index (Phi) is 6.15. The monoisotopic (exact) mass is 458 g/mol. The average molecular weight is 458 g/mol. The van der Waals surface area contributed by atoms with Gasteiger partial charge in [0, 0.05) is 0 Å². The number of amides is 2. The zero-order chi connectivity index (χ0) is 24.4. The molecule has 1 aliphatic heterocycles. The molecule has 0 unspecified atom stereocenters. The molecule has 0 fully saturated rings. The maximum absolute atomic E-state index is 13.0. The number of nitrogens with one attached hydrogen (secondary N) is 1. The number of hydrogen-bond acceptors (Lipinski definition) is 7. The molecule has 4 rings (SSSR count). The second-order valence-corrected chi connectivity index (χ2v) is 8.32. The van der Waals surface area contributed by atoms with Gasteiger partial charge in [-0.15, -0.1) is 0 Å². The number of carbonyl (C=O) groups excluding carboxylic acids is 3. The van der Waals surface area contributed by atoms with Crippen molar-refractivity contribution in [2.75, 3.05) is 6.61 Å². The van der Waals surface area contributed by atoms with Crippen molar-refractivity contribution in [1.29, 1.82) is 5.26 Å². The molecule has 3 aromatic rings. The predicted octanol–water partition coefficient (Wildman–Crippen LogP) is 3.61. The Morgan fingerprint density at radius 1 is 1.12 bits per heavy atom. The Labute approximate surface area is 195 Å². The number of aromatic nitrogens is 2. The summed E-state index contributed by atoms with van der Waals surface area (Å²) in [4.78, 5) is 46.9. The summed E-state index contributed by atoms with van der Waals surface area (Å²) < 4.78 is 5.27. The molecule has 1 aliphatic rings. The van der Waals surface area contributed by atoms with E-state index in [1.54, 1.807) is 36.4 Å². The van der Waals surface area contributed by atoms with E-state index < -0.39 is 36.2 Å². The summed E-state index contributed by atoms with van der Waals surface area (Å²) in [5.74, 6) is -2.38. The standard InChI is InChI=1S/C25H22N4O5/c1-14(2)11-20(29-23(31)15-7-3-4-8-16(15)24(29)32)25(33)34-13-21(30)17(12-26)22-27-18-9-5-6-10-19(18)28-22/h3-10,14,20,30H,11,13H2,1-2H3,(H,27,28)/t20-/m1/s1. The fourth-order valence-corrected chi connectivity index (χ4v) is 3.88. The van der Waals surface area contributed by atoms with Gasteiger partial charge < -0.3 is 14.8 Å². The van der Waals surface area contributed by atoms with Crippen LogP contribution >= 0.6 is 0 Å². The number of allylic oxidation sites excluding steroid dienone is 1. The van der Waals surface area contributed by atoms with Crippen LogP contribution in [0.15, 0.2) is 54.3 Å². The number of aromatic amines is 1. The fraction of sp³-hybridized carbons (Fsp3) is 0.240. The molecular formula is C25H22N4O5. The topological polar surface area (TPSA) is 136 Å². The number of nitrogens with zero attached hydrogens (tertiary/aromatic N) is 3. The van der Waals surface area contributed by atoms with Gasteiger partial charge in [-0.1, -0.05) is 38.1 Å². The van der Waals surface area contributed by atoms with E-state index in [2.05, 4.69) is 9.97 Å². The maximum atomic E-state index is 13.0. The Morgan fingerprint density at radius 3 is 2.32 bits per heavy atom. The van der Waals surface area contributed by atoms with Crippen molar-refractivity contribution in [3.63, 3.8) is 0 Å². The lowest BCUT2D eigenvalue weighted by atomic mass is 10.0. The van der Waals surface area contributed by atoms with Crippen LogP contribution in [0, 0.1) is 17.2 Å². The van der Waals surface area contributed by atoms with Gasteiger partial charge in [0.05, 0.1) is 22.2 Å². The van der Waals surface area contributed by atoms with E-state index in [9.17, 15) is 24.8 Å². The van der Waals surface area contributed by atoms with Gasteiger partial charge in [-0.05, 0) is 36.6 Å². The van der Waals surface area contributed by atoms with Gasteiger partial charge in [0.1, 0.15) is 24.3 Å². The van der Waals surface area contributed by atoms with Crippen LogP contribution in [0.3, 0.4) is 0 Å². The molecule has 2 aromatic carbocycles. The Morgan fingerprint density at radius 2 is 1.74 bits per heavy atom. The van der Waals surface area contributed by atoms with Gasteiger partial charge in [0.25, 0.3) is 11.8 Å². The van der Waals surface area contributed by atoms with Crippen molar-refractivity contribution in [1.82, 2.24) is 14.9 Å². The summed E-state index contributed by atoms with van der Waals surface area (Å²) in [5, 5.41) is 20.0. The highest BCUT2D eigenvalue weighted by Crippen LogP contribution is 2.28. The molecule has 0 spiro atoms. The fourth-order valence-electron chi connectivity index (χ4n) is 3.88. The van der Waals surface area contributed by atoms with Crippen LogP contribution in [0.1, 0.15) is 46.8 Å². The van der Waals surface area contributed by atoms with Gasteiger partial charge in [-0.25, -0.2) is 9.78 Å². The number of aliphatic hydroxyl groups is 1. The Balaban J connectivity index is 1.56. The normalized spacial score (nSPS) is 14.7. The van der Waals surface area contributed by atoms with Crippen molar-refractivity contribution in [2.45, 2.75) is 26.3 Å². The SMILES string of the molecule is CC(C)C[C@H](C(=O)OCC(O)=C(C#N)c1nc2ccccc2[nH]1)N1C(=O)c2ccccc2C1=O. The van der Waals surface area contributed by atoms with Crippen molar-refractivity contribution >= 4 is 34.4 Å². The van der Waals surface area contributed by atoms with Crippen LogP contribution in [0.2, 0.25) is 0 Å². The summed E-state index contributed by atoms with van der Waals surface area (Å²) >= 11 is 0. The molecule has 0 aliphatic carbocycles. The summed E-state index contributed by atoms with van der Waals surface area (Å²) in [5.41, 5.74) is 1.57. The highest BCUT2D eigenvalue weighted by atomic mass is 16.5. The van der Waals surface area contributed by atoms with Crippen molar-refractivity contribution in [3.8, 4) is 6.07 Å². The number of para-hydroxylation sites is 2. The first-order valence-electron chi connectivity index (χ1n) is 10.7. The second-order valence-electron chi connectivity index (χ2n) is 8.32. The lowest BCUT2D eigenvalue weighted by molar-refractivity contribution is -0.148. The number of H-pyrrole nitrogens is 1. The van der Waals surface area contributed by atoms with Crippen molar-refractivity contribution in [2.24, 2.45) is 5.92 Å². The largest absolute Gasteiger partial charge is 0.507 e. The van der Waals surface area contributed by atoms with Crippen LogP contribution in [-0.2, 0) is 9.53 Å². The number of fused-ring (bicyclic) bond motifs is 2. The lowest BCUT2D eigenvalue weighted by Gasteiger charge is -2.26. The molecule has 0 radical (unpaired) electrons. The van der Waals surface area contributed by atoms with Crippen molar-refractivity contribution in [3.05, 3.63) is 71.2 Å². The van der Waals surface area contributed by atoms with E-state index in [0.717, 1.165) is 4.90 Å². The second kappa shape index (κ2) is 9.19. The van der Waals surface area contributed by atoms with Gasteiger partial charge in [-0.3, -0.25) is 14.5 Å². The minimum Gasteiger partial charge on any atom is -0.507 e. The highest BCUT2D eigenvalue weighted by molar-refractivity contribution is 6.22. The van der Waals surface area contributed by atoms with Crippen LogP contribution in [0.5, 0.6) is 0 Å². The smallest absolute Gasteiger partial charge is 0.329 e. The summed E-state index contributed by atoms with van der Waals surface area (Å²) in [6, 6.07) is 14.2. The zero-order valence-corrected chi connectivity index (χ0v) is 18.6. The average Bonchev–Trinajstić information content (AvgIpc) is 3.35. The molecule has 9 heteroatoms. The first kappa shape index (κ1) is 22.7. The minimum atomic E-state index is -1.17. The molecule has 2 heterocycles. The summed E-state index contributed by atoms with van der Waals surface area (Å²) in [6.07, 6.45) is 0.184. The molecule has 34 heavy (non-hydrogen) atoms.